The van der Waals surface area contributed by atoms with Crippen LogP contribution < -0.4 is 26.8 Å². The molecule has 0 radical (unpaired) electrons. The lowest BCUT2D eigenvalue weighted by atomic mass is 9.91. The van der Waals surface area contributed by atoms with Gasteiger partial charge in [-0.25, -0.2) is 9.97 Å². The van der Waals surface area contributed by atoms with E-state index in [1.165, 1.54) is 6.21 Å². The number of hydrogen-bond acceptors (Lipinski definition) is 14. The van der Waals surface area contributed by atoms with E-state index in [0.29, 0.717) is 109 Å². The number of benzene rings is 2. The predicted octanol–water partition coefficient (Wildman–Crippen LogP) is 3.10. The third-order valence-corrected chi connectivity index (χ3v) is 12.1. The molecule has 4 aromatic heterocycles. The van der Waals surface area contributed by atoms with E-state index in [1.54, 1.807) is 86.6 Å². The summed E-state index contributed by atoms with van der Waals surface area (Å²) in [4.78, 5) is 83.5. The summed E-state index contributed by atoms with van der Waals surface area (Å²) >= 11 is 0. The second kappa shape index (κ2) is 20.7. The van der Waals surface area contributed by atoms with Gasteiger partial charge in [0.05, 0.1) is 47.7 Å². The Morgan fingerprint density at radius 3 is 2.06 bits per heavy atom. The zero-order chi connectivity index (χ0) is 49.7. The van der Waals surface area contributed by atoms with Gasteiger partial charge in [0, 0.05) is 69.7 Å². The van der Waals surface area contributed by atoms with E-state index < -0.39 is 29.2 Å². The Kier molecular flexibility index (Phi) is 14.4. The minimum atomic E-state index is -0.683. The summed E-state index contributed by atoms with van der Waals surface area (Å²) in [7, 11) is 0. The lowest BCUT2D eigenvalue weighted by Crippen LogP contribution is -2.70. The average Bonchev–Trinajstić information content (AvgIpc) is 4.10. The first-order valence-corrected chi connectivity index (χ1v) is 23.1. The monoisotopic (exact) mass is 959 g/mol. The standard InChI is InChI=1S/C47H57N15O8/c1-6-50-70-25-39(63)58-17-19-69-47(28-58)26-57(27-47)14-11-18-68-38-24-32(42(49)65)23-34-40(38)60(46(52-34)54-44(67)37-21-30(5)56-62(37)8-3)16-10-9-15-59-35-13-12-31(41(48)64)22-33(35)51-45(59)53-43(66)36-20-29(4)55-61(36)7-2/h6,9-10,12-13,20-24H,7-8,11,14-19,25-28H2,1-5H3,(H2,48,64)(H2,49,65)(H,51,53,66)(H,52,54,67)/b10-9+,50-6-. The van der Waals surface area contributed by atoms with Gasteiger partial charge in [0.15, 0.2) is 6.61 Å². The fourth-order valence-electron chi connectivity index (χ4n) is 8.85. The number of nitrogens with two attached hydrogens (primary N) is 2. The first kappa shape index (κ1) is 48.5. The quantitative estimate of drug-likeness (QED) is 0.0371. The highest BCUT2D eigenvalue weighted by Gasteiger charge is 2.47. The van der Waals surface area contributed by atoms with E-state index in [-0.39, 0.29) is 55.2 Å². The molecule has 2 aliphatic heterocycles. The van der Waals surface area contributed by atoms with Gasteiger partial charge in [-0.05, 0) is 83.5 Å². The van der Waals surface area contributed by atoms with Crippen LogP contribution in [0.1, 0.15) is 80.3 Å². The van der Waals surface area contributed by atoms with E-state index in [0.717, 1.165) is 0 Å². The second-order valence-corrected chi connectivity index (χ2v) is 17.1. The average molecular weight is 960 g/mol. The fraction of sp³-hybridized carbons (Fsp3) is 0.404. The van der Waals surface area contributed by atoms with Crippen LogP contribution in [0.5, 0.6) is 5.75 Å². The summed E-state index contributed by atoms with van der Waals surface area (Å²) in [5.74, 6) is -1.56. The summed E-state index contributed by atoms with van der Waals surface area (Å²) in [5.41, 5.74) is 15.4. The number of aromatic nitrogens is 8. The first-order chi connectivity index (χ1) is 33.7. The molecule has 2 saturated heterocycles. The number of fused-ring (bicyclic) bond motifs is 2. The van der Waals surface area contributed by atoms with Gasteiger partial charge in [-0.1, -0.05) is 17.3 Å². The van der Waals surface area contributed by atoms with Crippen LogP contribution in [0.4, 0.5) is 11.9 Å². The van der Waals surface area contributed by atoms with Gasteiger partial charge >= 0.3 is 0 Å². The number of oxime groups is 1. The fourth-order valence-corrected chi connectivity index (χ4v) is 8.85. The lowest BCUT2D eigenvalue weighted by Gasteiger charge is -2.53. The van der Waals surface area contributed by atoms with Crippen LogP contribution in [0, 0.1) is 13.8 Å². The largest absolute Gasteiger partial charge is 0.491 e. The summed E-state index contributed by atoms with van der Waals surface area (Å²) in [6.45, 7) is 13.9. The van der Waals surface area contributed by atoms with Gasteiger partial charge in [0.1, 0.15) is 28.3 Å². The summed E-state index contributed by atoms with van der Waals surface area (Å²) in [6, 6.07) is 11.4. The normalized spacial score (nSPS) is 14.8. The highest BCUT2D eigenvalue weighted by Crippen LogP contribution is 2.33. The van der Waals surface area contributed by atoms with Crippen molar-refractivity contribution in [3.8, 4) is 5.75 Å². The molecule has 0 bridgehead atoms. The molecule has 368 valence electrons. The lowest BCUT2D eigenvalue weighted by molar-refractivity contribution is -0.190. The van der Waals surface area contributed by atoms with Gasteiger partial charge in [0.2, 0.25) is 23.7 Å². The summed E-state index contributed by atoms with van der Waals surface area (Å²) in [6.07, 6.45) is 5.83. The number of anilines is 2. The Balaban J connectivity index is 1.04. The number of imidazole rings is 2. The third kappa shape index (κ3) is 10.4. The molecule has 23 nitrogen and oxygen atoms in total. The zero-order valence-electron chi connectivity index (χ0n) is 39.8. The second-order valence-electron chi connectivity index (χ2n) is 17.1. The van der Waals surface area contributed by atoms with Crippen molar-refractivity contribution in [1.82, 2.24) is 48.5 Å². The smallest absolute Gasteiger partial charge is 0.276 e. The Morgan fingerprint density at radius 1 is 0.814 bits per heavy atom. The van der Waals surface area contributed by atoms with Crippen molar-refractivity contribution in [2.75, 3.05) is 63.2 Å². The molecule has 6 heterocycles. The number of nitrogens with one attached hydrogen (secondary N) is 2. The van der Waals surface area contributed by atoms with Crippen molar-refractivity contribution < 1.29 is 38.3 Å². The zero-order valence-corrected chi connectivity index (χ0v) is 39.8. The van der Waals surface area contributed by atoms with Crippen LogP contribution in [0.2, 0.25) is 0 Å². The Hall–Kier alpha value is -7.92. The molecule has 0 saturated carbocycles. The maximum absolute atomic E-state index is 13.9. The molecule has 70 heavy (non-hydrogen) atoms. The van der Waals surface area contributed by atoms with Crippen LogP contribution in [0.3, 0.4) is 0 Å². The van der Waals surface area contributed by atoms with Gasteiger partial charge in [-0.15, -0.1) is 0 Å². The molecule has 0 unspecified atom stereocenters. The van der Waals surface area contributed by atoms with Crippen molar-refractivity contribution in [3.05, 3.63) is 88.5 Å². The number of nitrogens with zero attached hydrogens (tertiary/aromatic N) is 11. The van der Waals surface area contributed by atoms with E-state index in [2.05, 4.69) is 35.9 Å². The number of amides is 5. The van der Waals surface area contributed by atoms with Gasteiger partial charge in [-0.3, -0.25) is 48.9 Å². The molecule has 1 spiro atoms. The maximum atomic E-state index is 13.9. The van der Waals surface area contributed by atoms with Crippen LogP contribution >= 0.6 is 0 Å². The highest BCUT2D eigenvalue weighted by molar-refractivity contribution is 6.05. The Morgan fingerprint density at radius 2 is 1.43 bits per heavy atom. The number of hydrogen-bond donors (Lipinski definition) is 4. The van der Waals surface area contributed by atoms with Crippen molar-refractivity contribution in [2.24, 2.45) is 16.6 Å². The Bertz CT molecular complexity index is 3030. The van der Waals surface area contributed by atoms with Crippen molar-refractivity contribution >= 4 is 69.7 Å². The summed E-state index contributed by atoms with van der Waals surface area (Å²) < 4.78 is 19.4. The molecule has 5 amide bonds. The van der Waals surface area contributed by atoms with Crippen molar-refractivity contribution in [3.63, 3.8) is 0 Å². The number of likely N-dealkylation sites (tertiary alicyclic amines) is 1. The van der Waals surface area contributed by atoms with Gasteiger partial charge in [0.25, 0.3) is 17.7 Å². The molecule has 6 aromatic rings. The molecule has 6 N–H and O–H groups in total. The van der Waals surface area contributed by atoms with Gasteiger partial charge in [-0.2, -0.15) is 10.2 Å². The third-order valence-electron chi connectivity index (χ3n) is 12.1. The highest BCUT2D eigenvalue weighted by atomic mass is 16.6. The van der Waals surface area contributed by atoms with E-state index >= 15 is 0 Å². The first-order valence-electron chi connectivity index (χ1n) is 23.1. The predicted molar refractivity (Wildman–Crippen MR) is 259 cm³/mol. The number of morpholine rings is 1. The number of rotatable bonds is 20. The molecule has 8 rings (SSSR count). The van der Waals surface area contributed by atoms with E-state index in [4.69, 9.17) is 30.8 Å². The van der Waals surface area contributed by atoms with Crippen LogP contribution in [-0.4, -0.2) is 142 Å². The maximum Gasteiger partial charge on any atom is 0.276 e. The SMILES string of the molecule is C/C=N\OCC(=O)N1CCOC2(CN(CCCOc3cc(C(N)=O)cc4nc(NC(=O)c5cc(C)nn5CC)n(C/C=C/Cn5c(NC(=O)c6cc(C)nn6CC)nc6cc(C(N)=O)ccc65)c34)C2)C1. The number of primary amides is 2. The topological polar surface area (TPSA) is 279 Å². The van der Waals surface area contributed by atoms with Crippen molar-refractivity contribution in [1.29, 1.82) is 0 Å². The number of carbonyl (C=O) groups excluding carboxylic acids is 5. The molecule has 2 aliphatic rings. The van der Waals surface area contributed by atoms with Crippen molar-refractivity contribution in [2.45, 2.75) is 72.8 Å². The number of aryl methyl sites for hydroxylation is 4. The minimum absolute atomic E-state index is 0.126. The molecule has 0 aliphatic carbocycles. The molecular formula is C47H57N15O8. The van der Waals surface area contributed by atoms with Gasteiger partial charge < -0.3 is 39.8 Å². The molecule has 23 heteroatoms. The molecule has 0 atom stereocenters. The number of ether oxygens (including phenoxy) is 2. The number of carbonyl (C=O) groups is 5. The van der Waals surface area contributed by atoms with E-state index in [1.807, 2.05) is 26.0 Å². The van der Waals surface area contributed by atoms with Crippen LogP contribution in [0.25, 0.3) is 22.1 Å². The molecular weight excluding hydrogens is 903 g/mol. The van der Waals surface area contributed by atoms with E-state index in [9.17, 15) is 24.0 Å². The minimum Gasteiger partial charge on any atom is -0.491 e. The van der Waals surface area contributed by atoms with Crippen LogP contribution in [-0.2, 0) is 40.5 Å². The Labute approximate surface area is 402 Å². The number of allylic oxidation sites excluding steroid dienone is 2. The molecule has 2 aromatic carbocycles. The summed E-state index contributed by atoms with van der Waals surface area (Å²) in [5, 5.41) is 18.4. The van der Waals surface area contributed by atoms with Crippen LogP contribution in [0.15, 0.2) is 59.8 Å². The molecule has 2 fully saturated rings.